The molecule has 0 saturated heterocycles. The van der Waals surface area contributed by atoms with Crippen LogP contribution in [0.3, 0.4) is 0 Å². The molecule has 2 aromatic carbocycles. The quantitative estimate of drug-likeness (QED) is 0.481. The Hall–Kier alpha value is -4.35. The highest BCUT2D eigenvalue weighted by molar-refractivity contribution is 5.99. The summed E-state index contributed by atoms with van der Waals surface area (Å²) in [7, 11) is 1.26. The van der Waals surface area contributed by atoms with E-state index in [0.717, 1.165) is 12.1 Å². The van der Waals surface area contributed by atoms with Crippen LogP contribution in [0.25, 0.3) is 0 Å². The minimum atomic E-state index is -5.10. The van der Waals surface area contributed by atoms with Crippen LogP contribution < -0.4 is 19.5 Å². The van der Waals surface area contributed by atoms with Crippen LogP contribution in [-0.4, -0.2) is 42.0 Å². The number of aromatic carboxylic acids is 1. The molecule has 1 aromatic heterocycles. The van der Waals surface area contributed by atoms with Gasteiger partial charge in [0, 0.05) is 12.6 Å². The van der Waals surface area contributed by atoms with Crippen LogP contribution in [0.5, 0.6) is 17.2 Å². The Morgan fingerprint density at radius 1 is 1.14 bits per heavy atom. The standard InChI is InChI=1S/C24H18F4N2O6/c1-34-19-11-13(22(32)33)4-6-15(19)21(31)30-23(8-10-35-18-3-2-9-29-20(18)23)14-5-7-17(16(25)12-14)36-24(26,27)28/h2-7,9,11-12H,8,10H2,1H3,(H,30,31)(H,32,33)/t23-/m0/s1. The number of aromatic nitrogens is 1. The molecule has 1 amide bonds. The number of hydrogen-bond acceptors (Lipinski definition) is 6. The highest BCUT2D eigenvalue weighted by Gasteiger charge is 2.43. The van der Waals surface area contributed by atoms with E-state index in [4.69, 9.17) is 9.47 Å². The number of carboxylic acid groups (broad SMARTS) is 1. The van der Waals surface area contributed by atoms with Crippen molar-refractivity contribution in [3.63, 3.8) is 0 Å². The van der Waals surface area contributed by atoms with E-state index < -0.39 is 35.3 Å². The molecule has 12 heteroatoms. The molecule has 1 aliphatic heterocycles. The normalized spacial score (nSPS) is 16.9. The van der Waals surface area contributed by atoms with Crippen LogP contribution >= 0.6 is 0 Å². The Labute approximate surface area is 201 Å². The molecule has 2 heterocycles. The van der Waals surface area contributed by atoms with Crippen molar-refractivity contribution < 1.29 is 46.5 Å². The van der Waals surface area contributed by atoms with Crippen molar-refractivity contribution in [3.05, 3.63) is 82.9 Å². The molecule has 0 aliphatic carbocycles. The Kier molecular flexibility index (Phi) is 6.44. The number of methoxy groups -OCH3 is 1. The molecule has 36 heavy (non-hydrogen) atoms. The van der Waals surface area contributed by atoms with Crippen molar-refractivity contribution in [1.29, 1.82) is 0 Å². The summed E-state index contributed by atoms with van der Waals surface area (Å²) >= 11 is 0. The van der Waals surface area contributed by atoms with Gasteiger partial charge in [0.1, 0.15) is 22.7 Å². The van der Waals surface area contributed by atoms with Crippen LogP contribution in [0, 0.1) is 5.82 Å². The molecule has 188 valence electrons. The molecule has 8 nitrogen and oxygen atoms in total. The lowest BCUT2D eigenvalue weighted by molar-refractivity contribution is -0.275. The number of nitrogens with zero attached hydrogens (tertiary/aromatic N) is 1. The summed E-state index contributed by atoms with van der Waals surface area (Å²) in [5.41, 5.74) is -1.36. The van der Waals surface area contributed by atoms with Gasteiger partial charge in [0.15, 0.2) is 11.6 Å². The van der Waals surface area contributed by atoms with Crippen molar-refractivity contribution in [2.24, 2.45) is 0 Å². The van der Waals surface area contributed by atoms with Crippen molar-refractivity contribution in [2.45, 2.75) is 18.3 Å². The third-order valence-electron chi connectivity index (χ3n) is 5.58. The van der Waals surface area contributed by atoms with Crippen LogP contribution in [0.4, 0.5) is 17.6 Å². The second-order valence-corrected chi connectivity index (χ2v) is 7.72. The van der Waals surface area contributed by atoms with E-state index in [-0.39, 0.29) is 46.9 Å². The Bertz CT molecular complexity index is 1330. The van der Waals surface area contributed by atoms with Gasteiger partial charge >= 0.3 is 12.3 Å². The zero-order valence-electron chi connectivity index (χ0n) is 18.6. The first kappa shape index (κ1) is 24.8. The van der Waals surface area contributed by atoms with E-state index in [0.29, 0.717) is 0 Å². The molecule has 3 aromatic rings. The first-order valence-electron chi connectivity index (χ1n) is 10.4. The van der Waals surface area contributed by atoms with Crippen molar-refractivity contribution in [1.82, 2.24) is 10.3 Å². The van der Waals surface area contributed by atoms with Crippen molar-refractivity contribution in [3.8, 4) is 17.2 Å². The summed E-state index contributed by atoms with van der Waals surface area (Å²) in [5, 5.41) is 12.0. The number of alkyl halides is 3. The molecular formula is C24H18F4N2O6. The Morgan fingerprint density at radius 3 is 2.58 bits per heavy atom. The smallest absolute Gasteiger partial charge is 0.496 e. The number of rotatable bonds is 6. The SMILES string of the molecule is COc1cc(C(=O)O)ccc1C(=O)N[C@]1(c2ccc(OC(F)(F)F)c(F)c2)CCOc2cccnc21. The van der Waals surface area contributed by atoms with Gasteiger partial charge in [0.25, 0.3) is 5.91 Å². The molecule has 1 aliphatic rings. The monoisotopic (exact) mass is 506 g/mol. The number of fused-ring (bicyclic) bond motifs is 1. The fraction of sp³-hybridized carbons (Fsp3) is 0.208. The average molecular weight is 506 g/mol. The maximum absolute atomic E-state index is 14.7. The van der Waals surface area contributed by atoms with Crippen LogP contribution in [-0.2, 0) is 5.54 Å². The summed E-state index contributed by atoms with van der Waals surface area (Å²) in [5.74, 6) is -4.03. The summed E-state index contributed by atoms with van der Waals surface area (Å²) in [4.78, 5) is 29.0. The fourth-order valence-corrected chi connectivity index (χ4v) is 3.98. The number of benzene rings is 2. The number of carboxylic acids is 1. The van der Waals surface area contributed by atoms with E-state index in [1.165, 1.54) is 37.6 Å². The topological polar surface area (TPSA) is 107 Å². The third-order valence-corrected chi connectivity index (χ3v) is 5.58. The molecule has 0 spiro atoms. The van der Waals surface area contributed by atoms with Gasteiger partial charge < -0.3 is 24.6 Å². The van der Waals surface area contributed by atoms with E-state index in [2.05, 4.69) is 15.0 Å². The number of nitrogens with one attached hydrogen (secondary N) is 1. The van der Waals surface area contributed by atoms with Gasteiger partial charge in [0.2, 0.25) is 0 Å². The zero-order valence-corrected chi connectivity index (χ0v) is 18.6. The number of ether oxygens (including phenoxy) is 3. The van der Waals surface area contributed by atoms with E-state index in [1.54, 1.807) is 12.1 Å². The predicted octanol–water partition coefficient (Wildman–Crippen LogP) is 4.28. The van der Waals surface area contributed by atoms with Crippen LogP contribution in [0.1, 0.15) is 38.4 Å². The number of amides is 1. The van der Waals surface area contributed by atoms with Gasteiger partial charge in [-0.2, -0.15) is 0 Å². The molecule has 0 radical (unpaired) electrons. The number of hydrogen-bond donors (Lipinski definition) is 2. The predicted molar refractivity (Wildman–Crippen MR) is 116 cm³/mol. The fourth-order valence-electron chi connectivity index (χ4n) is 3.98. The van der Waals surface area contributed by atoms with Gasteiger partial charge in [-0.3, -0.25) is 9.78 Å². The van der Waals surface area contributed by atoms with Crippen molar-refractivity contribution >= 4 is 11.9 Å². The zero-order chi connectivity index (χ0) is 26.1. The molecule has 4 rings (SSSR count). The Morgan fingerprint density at radius 2 is 1.92 bits per heavy atom. The molecule has 0 fully saturated rings. The molecular weight excluding hydrogens is 488 g/mol. The highest BCUT2D eigenvalue weighted by atomic mass is 19.4. The van der Waals surface area contributed by atoms with Gasteiger partial charge in [0.05, 0.1) is 24.8 Å². The first-order chi connectivity index (χ1) is 17.0. The van der Waals surface area contributed by atoms with Gasteiger partial charge in [-0.1, -0.05) is 6.07 Å². The lowest BCUT2D eigenvalue weighted by atomic mass is 9.81. The molecule has 0 saturated carbocycles. The summed E-state index contributed by atoms with van der Waals surface area (Å²) in [6.45, 7) is 0.0660. The largest absolute Gasteiger partial charge is 0.573 e. The minimum absolute atomic E-state index is 0.0247. The van der Waals surface area contributed by atoms with E-state index >= 15 is 0 Å². The second-order valence-electron chi connectivity index (χ2n) is 7.72. The van der Waals surface area contributed by atoms with Crippen LogP contribution in [0.2, 0.25) is 0 Å². The number of halogens is 4. The Balaban J connectivity index is 1.82. The number of pyridine rings is 1. The third kappa shape index (κ3) is 4.74. The molecule has 0 unspecified atom stereocenters. The first-order valence-corrected chi connectivity index (χ1v) is 10.4. The van der Waals surface area contributed by atoms with E-state index in [1.807, 2.05) is 0 Å². The van der Waals surface area contributed by atoms with Crippen molar-refractivity contribution in [2.75, 3.05) is 13.7 Å². The molecule has 2 N–H and O–H groups in total. The molecule has 1 atom stereocenters. The van der Waals surface area contributed by atoms with E-state index in [9.17, 15) is 32.3 Å². The van der Waals surface area contributed by atoms with Gasteiger partial charge in [-0.15, -0.1) is 13.2 Å². The maximum atomic E-state index is 14.7. The summed E-state index contributed by atoms with van der Waals surface area (Å²) < 4.78 is 67.2. The highest BCUT2D eigenvalue weighted by Crippen LogP contribution is 2.42. The summed E-state index contributed by atoms with van der Waals surface area (Å²) in [6.07, 6.45) is -3.62. The number of carbonyl (C=O) groups excluding carboxylic acids is 1. The summed E-state index contributed by atoms with van der Waals surface area (Å²) in [6, 6.07) is 9.65. The lowest BCUT2D eigenvalue weighted by Crippen LogP contribution is -2.50. The second kappa shape index (κ2) is 9.36. The van der Waals surface area contributed by atoms with Gasteiger partial charge in [-0.05, 0) is 48.0 Å². The number of carbonyl (C=O) groups is 2. The van der Waals surface area contributed by atoms with Gasteiger partial charge in [-0.25, -0.2) is 9.18 Å². The maximum Gasteiger partial charge on any atom is 0.573 e. The van der Waals surface area contributed by atoms with Crippen LogP contribution in [0.15, 0.2) is 54.7 Å². The molecule has 0 bridgehead atoms. The lowest BCUT2D eigenvalue weighted by Gasteiger charge is -2.39. The minimum Gasteiger partial charge on any atom is -0.496 e. The average Bonchev–Trinajstić information content (AvgIpc) is 2.84.